The highest BCUT2D eigenvalue weighted by Gasteiger charge is 2.21. The van der Waals surface area contributed by atoms with E-state index in [0.717, 1.165) is 5.56 Å². The number of amides is 1. The van der Waals surface area contributed by atoms with Crippen molar-refractivity contribution in [3.8, 4) is 0 Å². The first kappa shape index (κ1) is 15.0. The second-order valence-electron chi connectivity index (χ2n) is 4.26. The van der Waals surface area contributed by atoms with E-state index in [1.807, 2.05) is 13.0 Å². The number of halogens is 1. The number of aryl methyl sites for hydroxylation is 1. The van der Waals surface area contributed by atoms with Crippen molar-refractivity contribution in [3.05, 3.63) is 34.3 Å². The van der Waals surface area contributed by atoms with Gasteiger partial charge in [-0.15, -0.1) is 0 Å². The van der Waals surface area contributed by atoms with E-state index in [1.165, 1.54) is 6.92 Å². The van der Waals surface area contributed by atoms with E-state index >= 15 is 0 Å². The van der Waals surface area contributed by atoms with Gasteiger partial charge in [-0.25, -0.2) is 0 Å². The third-order valence-electron chi connectivity index (χ3n) is 2.72. The molecule has 0 aliphatic rings. The summed E-state index contributed by atoms with van der Waals surface area (Å²) in [6, 6.07) is 5.30. The Bertz CT molecular complexity index is 423. The van der Waals surface area contributed by atoms with Gasteiger partial charge < -0.3 is 15.5 Å². The summed E-state index contributed by atoms with van der Waals surface area (Å²) in [5.41, 5.74) is 1.36. The number of hydrogen-bond donors (Lipinski definition) is 3. The summed E-state index contributed by atoms with van der Waals surface area (Å²) in [4.78, 5) is 10.7. The molecule has 5 heteroatoms. The van der Waals surface area contributed by atoms with Gasteiger partial charge in [0.2, 0.25) is 5.91 Å². The lowest BCUT2D eigenvalue weighted by Gasteiger charge is -2.20. The standard InChI is InChI=1S/C13H18ClNO3/c1-8-4-3-5-10(12(8)14)13(18)11(17)6-7-15-9(2)16/h3-5,11,13,17-18H,6-7H2,1-2H3,(H,15,16). The van der Waals surface area contributed by atoms with E-state index in [-0.39, 0.29) is 12.3 Å². The van der Waals surface area contributed by atoms with Crippen LogP contribution in [0.5, 0.6) is 0 Å². The molecule has 2 atom stereocenters. The number of carbonyl (C=O) groups excluding carboxylic acids is 1. The molecule has 0 aromatic heterocycles. The molecule has 0 spiro atoms. The first-order chi connectivity index (χ1) is 8.43. The Kier molecular flexibility index (Phi) is 5.59. The van der Waals surface area contributed by atoms with Crippen LogP contribution >= 0.6 is 11.6 Å². The van der Waals surface area contributed by atoms with Crippen molar-refractivity contribution in [2.24, 2.45) is 0 Å². The first-order valence-corrected chi connectivity index (χ1v) is 6.17. The van der Waals surface area contributed by atoms with Gasteiger partial charge in [0.25, 0.3) is 0 Å². The molecule has 18 heavy (non-hydrogen) atoms. The highest BCUT2D eigenvalue weighted by atomic mass is 35.5. The average Bonchev–Trinajstić information content (AvgIpc) is 2.31. The van der Waals surface area contributed by atoms with Gasteiger partial charge in [0.05, 0.1) is 6.10 Å². The van der Waals surface area contributed by atoms with E-state index < -0.39 is 12.2 Å². The maximum Gasteiger partial charge on any atom is 0.216 e. The molecule has 1 amide bonds. The van der Waals surface area contributed by atoms with Crippen molar-refractivity contribution in [3.63, 3.8) is 0 Å². The minimum Gasteiger partial charge on any atom is -0.390 e. The van der Waals surface area contributed by atoms with Crippen molar-refractivity contribution in [1.29, 1.82) is 0 Å². The minimum absolute atomic E-state index is 0.162. The summed E-state index contributed by atoms with van der Waals surface area (Å²) < 4.78 is 0. The average molecular weight is 272 g/mol. The second-order valence-corrected chi connectivity index (χ2v) is 4.64. The summed E-state index contributed by atoms with van der Waals surface area (Å²) in [5.74, 6) is -0.162. The summed E-state index contributed by atoms with van der Waals surface area (Å²) in [6.45, 7) is 3.56. The molecule has 3 N–H and O–H groups in total. The third-order valence-corrected chi connectivity index (χ3v) is 3.24. The number of aliphatic hydroxyl groups excluding tert-OH is 2. The second kappa shape index (κ2) is 6.73. The first-order valence-electron chi connectivity index (χ1n) is 5.79. The van der Waals surface area contributed by atoms with Gasteiger partial charge in [-0.05, 0) is 18.9 Å². The van der Waals surface area contributed by atoms with Gasteiger partial charge in [0.15, 0.2) is 0 Å². The molecule has 1 rings (SSSR count). The zero-order chi connectivity index (χ0) is 13.7. The molecule has 0 bridgehead atoms. The molecule has 0 saturated heterocycles. The summed E-state index contributed by atoms with van der Waals surface area (Å²) in [5, 5.41) is 22.9. The molecule has 0 fully saturated rings. The Morgan fingerprint density at radius 1 is 1.44 bits per heavy atom. The van der Waals surface area contributed by atoms with Crippen LogP contribution in [-0.4, -0.2) is 28.8 Å². The number of rotatable bonds is 5. The van der Waals surface area contributed by atoms with Crippen LogP contribution in [0.2, 0.25) is 5.02 Å². The molecule has 100 valence electrons. The fourth-order valence-corrected chi connectivity index (χ4v) is 1.90. The highest BCUT2D eigenvalue weighted by molar-refractivity contribution is 6.32. The normalized spacial score (nSPS) is 14.1. The molecular formula is C13H18ClNO3. The fraction of sp³-hybridized carbons (Fsp3) is 0.462. The maximum absolute atomic E-state index is 10.7. The third kappa shape index (κ3) is 3.98. The van der Waals surface area contributed by atoms with Crippen LogP contribution < -0.4 is 5.32 Å². The molecule has 2 unspecified atom stereocenters. The van der Waals surface area contributed by atoms with Gasteiger partial charge in [-0.1, -0.05) is 29.8 Å². The van der Waals surface area contributed by atoms with Crippen LogP contribution in [0, 0.1) is 6.92 Å². The number of benzene rings is 1. The van der Waals surface area contributed by atoms with Crippen LogP contribution in [0.3, 0.4) is 0 Å². The van der Waals surface area contributed by atoms with Crippen molar-refractivity contribution < 1.29 is 15.0 Å². The topological polar surface area (TPSA) is 69.6 Å². The molecule has 0 aliphatic carbocycles. The zero-order valence-electron chi connectivity index (χ0n) is 10.5. The molecule has 0 aliphatic heterocycles. The van der Waals surface area contributed by atoms with Crippen molar-refractivity contribution in [2.45, 2.75) is 32.5 Å². The lowest BCUT2D eigenvalue weighted by Crippen LogP contribution is -2.27. The van der Waals surface area contributed by atoms with E-state index in [2.05, 4.69) is 5.32 Å². The summed E-state index contributed by atoms with van der Waals surface area (Å²) >= 11 is 6.08. The summed E-state index contributed by atoms with van der Waals surface area (Å²) in [6.07, 6.45) is -1.74. The molecule has 1 aromatic rings. The number of hydrogen-bond acceptors (Lipinski definition) is 3. The largest absolute Gasteiger partial charge is 0.390 e. The monoisotopic (exact) mass is 271 g/mol. The quantitative estimate of drug-likeness (QED) is 0.761. The molecule has 1 aromatic carbocycles. The van der Waals surface area contributed by atoms with E-state index in [0.29, 0.717) is 17.1 Å². The zero-order valence-corrected chi connectivity index (χ0v) is 11.2. The van der Waals surface area contributed by atoms with E-state index in [1.54, 1.807) is 12.1 Å². The minimum atomic E-state index is -1.05. The lowest BCUT2D eigenvalue weighted by molar-refractivity contribution is -0.119. The predicted molar refractivity (Wildman–Crippen MR) is 70.5 cm³/mol. The number of nitrogens with one attached hydrogen (secondary N) is 1. The van der Waals surface area contributed by atoms with E-state index in [4.69, 9.17) is 11.6 Å². The van der Waals surface area contributed by atoms with Gasteiger partial charge in [-0.3, -0.25) is 4.79 Å². The number of carbonyl (C=O) groups is 1. The van der Waals surface area contributed by atoms with Gasteiger partial charge in [0.1, 0.15) is 6.10 Å². The van der Waals surface area contributed by atoms with E-state index in [9.17, 15) is 15.0 Å². The van der Waals surface area contributed by atoms with Gasteiger partial charge in [-0.2, -0.15) is 0 Å². The van der Waals surface area contributed by atoms with Crippen molar-refractivity contribution in [1.82, 2.24) is 5.32 Å². The Balaban J connectivity index is 2.65. The van der Waals surface area contributed by atoms with Crippen LogP contribution in [0.15, 0.2) is 18.2 Å². The smallest absolute Gasteiger partial charge is 0.216 e. The van der Waals surface area contributed by atoms with Crippen LogP contribution in [0.1, 0.15) is 30.6 Å². The highest BCUT2D eigenvalue weighted by Crippen LogP contribution is 2.28. The van der Waals surface area contributed by atoms with Crippen molar-refractivity contribution in [2.75, 3.05) is 6.54 Å². The Morgan fingerprint density at radius 3 is 2.72 bits per heavy atom. The summed E-state index contributed by atoms with van der Waals surface area (Å²) in [7, 11) is 0. The molecule has 0 heterocycles. The molecule has 0 radical (unpaired) electrons. The lowest BCUT2D eigenvalue weighted by atomic mass is 10.0. The Morgan fingerprint density at radius 2 is 2.11 bits per heavy atom. The SMILES string of the molecule is CC(=O)NCCC(O)C(O)c1cccc(C)c1Cl. The Hall–Kier alpha value is -1.10. The van der Waals surface area contributed by atoms with Crippen LogP contribution in [0.25, 0.3) is 0 Å². The van der Waals surface area contributed by atoms with Crippen molar-refractivity contribution >= 4 is 17.5 Å². The number of aliphatic hydroxyl groups is 2. The molecule has 4 nitrogen and oxygen atoms in total. The van der Waals surface area contributed by atoms with Crippen LogP contribution in [-0.2, 0) is 4.79 Å². The van der Waals surface area contributed by atoms with Crippen LogP contribution in [0.4, 0.5) is 0 Å². The predicted octanol–water partition coefficient (Wildman–Crippen LogP) is 1.57. The maximum atomic E-state index is 10.7. The molecule has 0 saturated carbocycles. The molecular weight excluding hydrogens is 254 g/mol. The fourth-order valence-electron chi connectivity index (χ4n) is 1.66. The van der Waals surface area contributed by atoms with Gasteiger partial charge >= 0.3 is 0 Å². The Labute approximate surface area is 112 Å². The van der Waals surface area contributed by atoms with Gasteiger partial charge in [0, 0.05) is 24.1 Å².